The highest BCUT2D eigenvalue weighted by atomic mass is 19.1. The van der Waals surface area contributed by atoms with Crippen LogP contribution in [0, 0.1) is 28.1 Å². The zero-order valence-corrected chi connectivity index (χ0v) is 28.2. The van der Waals surface area contributed by atoms with Gasteiger partial charge in [-0.1, -0.05) is 20.8 Å². The Hall–Kier alpha value is -0.420. The summed E-state index contributed by atoms with van der Waals surface area (Å²) in [6.45, 7) is 10.8. The molecule has 4 bridgehead atoms. The van der Waals surface area contributed by atoms with Crippen molar-refractivity contribution < 1.29 is 42.3 Å². The molecule has 6 fully saturated rings. The fourth-order valence-electron chi connectivity index (χ4n) is 9.09. The number of halogens is 2. The van der Waals surface area contributed by atoms with E-state index >= 15 is 8.78 Å². The second-order valence-corrected chi connectivity index (χ2v) is 16.4. The van der Waals surface area contributed by atoms with Gasteiger partial charge in [0.05, 0.1) is 83.9 Å². The van der Waals surface area contributed by atoms with E-state index in [9.17, 15) is 5.11 Å². The van der Waals surface area contributed by atoms with Gasteiger partial charge in [0.1, 0.15) is 11.3 Å². The summed E-state index contributed by atoms with van der Waals surface area (Å²) in [6, 6.07) is 0. The van der Waals surface area contributed by atoms with E-state index in [1.165, 1.54) is 0 Å². The first kappa shape index (κ1) is 34.4. The normalized spacial score (nSPS) is 41.5. The number of ether oxygens (including phenoxy) is 6. The first-order valence-corrected chi connectivity index (χ1v) is 18.2. The van der Waals surface area contributed by atoms with Crippen LogP contribution in [0.1, 0.15) is 104 Å². The fourth-order valence-corrected chi connectivity index (χ4v) is 9.09. The highest BCUT2D eigenvalue weighted by molar-refractivity contribution is 5.03. The van der Waals surface area contributed by atoms with Crippen molar-refractivity contribution >= 4 is 0 Å². The second-order valence-electron chi connectivity index (χ2n) is 16.4. The van der Waals surface area contributed by atoms with E-state index in [0.717, 1.165) is 58.2 Å². The molecule has 0 spiro atoms. The van der Waals surface area contributed by atoms with Crippen molar-refractivity contribution in [3.8, 4) is 0 Å². The lowest BCUT2D eigenvalue weighted by Gasteiger charge is -2.50. The Morgan fingerprint density at radius 3 is 1.62 bits per heavy atom. The Morgan fingerprint density at radius 2 is 1.16 bits per heavy atom. The second kappa shape index (κ2) is 13.8. The molecule has 9 atom stereocenters. The average Bonchev–Trinajstić information content (AvgIpc) is 2.98. The summed E-state index contributed by atoms with van der Waals surface area (Å²) in [5, 5.41) is 10.6. The van der Waals surface area contributed by atoms with Gasteiger partial charge in [-0.2, -0.15) is 0 Å². The maximum atomic E-state index is 16.6. The number of hydrogen-bond donors (Lipinski definition) is 1. The lowest BCUT2D eigenvalue weighted by atomic mass is 9.67. The summed E-state index contributed by atoms with van der Waals surface area (Å²) in [4.78, 5) is 0. The average molecular weight is 643 g/mol. The van der Waals surface area contributed by atoms with Gasteiger partial charge in [-0.05, 0) is 82.5 Å². The molecule has 4 saturated carbocycles. The molecule has 7 nitrogen and oxygen atoms in total. The summed E-state index contributed by atoms with van der Waals surface area (Å²) in [7, 11) is 0. The molecule has 4 aliphatic carbocycles. The topological polar surface area (TPSA) is 75.6 Å². The van der Waals surface area contributed by atoms with Crippen molar-refractivity contribution in [3.05, 3.63) is 0 Å². The fraction of sp³-hybridized carbons (Fsp3) is 1.00. The van der Waals surface area contributed by atoms with Gasteiger partial charge < -0.3 is 33.5 Å². The first-order chi connectivity index (χ1) is 21.6. The largest absolute Gasteiger partial charge is 0.396 e. The molecular formula is C36H60F2O7. The van der Waals surface area contributed by atoms with E-state index in [2.05, 4.69) is 13.8 Å². The van der Waals surface area contributed by atoms with Crippen molar-refractivity contribution in [2.45, 2.75) is 140 Å². The number of alkyl halides is 2. The highest BCUT2D eigenvalue weighted by Gasteiger charge is 2.54. The lowest BCUT2D eigenvalue weighted by molar-refractivity contribution is -0.205. The maximum absolute atomic E-state index is 16.6. The van der Waals surface area contributed by atoms with Crippen molar-refractivity contribution in [1.82, 2.24) is 0 Å². The molecule has 9 unspecified atom stereocenters. The van der Waals surface area contributed by atoms with Crippen molar-refractivity contribution in [3.63, 3.8) is 0 Å². The maximum Gasteiger partial charge on any atom is 0.139 e. The number of hydrogen-bond acceptors (Lipinski definition) is 7. The molecule has 45 heavy (non-hydrogen) atoms. The van der Waals surface area contributed by atoms with Crippen LogP contribution in [0.15, 0.2) is 0 Å². The zero-order valence-electron chi connectivity index (χ0n) is 28.2. The van der Waals surface area contributed by atoms with E-state index in [-0.39, 0.29) is 48.8 Å². The van der Waals surface area contributed by atoms with Gasteiger partial charge in [0.2, 0.25) is 0 Å². The molecular weight excluding hydrogens is 582 g/mol. The van der Waals surface area contributed by atoms with Crippen LogP contribution >= 0.6 is 0 Å². The zero-order chi connectivity index (χ0) is 31.8. The molecule has 0 amide bonds. The third-order valence-corrected chi connectivity index (χ3v) is 13.1. The Morgan fingerprint density at radius 1 is 0.667 bits per heavy atom. The summed E-state index contributed by atoms with van der Waals surface area (Å²) < 4.78 is 69.5. The standard InChI is InChI=1S/C36H60F2O7/c1-4-32(17-39,22-42-28-11-26-8-10-31(36(38,14-26)15-28)45-25-34(6-3)20-41-21-34)23-44-30-9-7-27-12-29(16-35(30,37)13-27)43-24-33(5-2)18-40-19-33/h26-31,39H,4-25H2,1-3H3. The van der Waals surface area contributed by atoms with E-state index in [4.69, 9.17) is 28.4 Å². The molecule has 2 heterocycles. The van der Waals surface area contributed by atoms with Gasteiger partial charge in [0, 0.05) is 29.1 Å². The van der Waals surface area contributed by atoms with Crippen LogP contribution in [0.5, 0.6) is 0 Å². The molecule has 9 heteroatoms. The summed E-state index contributed by atoms with van der Waals surface area (Å²) >= 11 is 0. The van der Waals surface area contributed by atoms with E-state index in [1.807, 2.05) is 6.92 Å². The van der Waals surface area contributed by atoms with Crippen LogP contribution in [-0.2, 0) is 28.4 Å². The van der Waals surface area contributed by atoms with Crippen LogP contribution in [-0.4, -0.2) is 100 Å². The van der Waals surface area contributed by atoms with Gasteiger partial charge in [-0.15, -0.1) is 0 Å². The minimum atomic E-state index is -1.42. The Balaban J connectivity index is 1.01. The quantitative estimate of drug-likeness (QED) is 0.210. The molecule has 1 N–H and O–H groups in total. The molecule has 2 aliphatic heterocycles. The smallest absolute Gasteiger partial charge is 0.139 e. The van der Waals surface area contributed by atoms with Crippen LogP contribution in [0.2, 0.25) is 0 Å². The predicted octanol–water partition coefficient (Wildman–Crippen LogP) is 6.37. The summed E-state index contributed by atoms with van der Waals surface area (Å²) in [5.74, 6) is 0.608. The van der Waals surface area contributed by atoms with Crippen molar-refractivity contribution in [1.29, 1.82) is 0 Å². The Kier molecular flexibility index (Phi) is 10.6. The van der Waals surface area contributed by atoms with Crippen LogP contribution in [0.4, 0.5) is 8.78 Å². The molecule has 6 aliphatic rings. The number of aliphatic hydroxyl groups is 1. The molecule has 0 aromatic heterocycles. The Bertz CT molecular complexity index is 960. The predicted molar refractivity (Wildman–Crippen MR) is 167 cm³/mol. The number of fused-ring (bicyclic) bond motifs is 4. The monoisotopic (exact) mass is 642 g/mol. The van der Waals surface area contributed by atoms with E-state index in [0.29, 0.717) is 70.9 Å². The van der Waals surface area contributed by atoms with Crippen LogP contribution in [0.3, 0.4) is 0 Å². The molecule has 2 saturated heterocycles. The van der Waals surface area contributed by atoms with Crippen molar-refractivity contribution in [2.75, 3.05) is 59.5 Å². The minimum absolute atomic E-state index is 0.0337. The van der Waals surface area contributed by atoms with Gasteiger partial charge in [0.25, 0.3) is 0 Å². The first-order valence-electron chi connectivity index (χ1n) is 18.2. The van der Waals surface area contributed by atoms with Gasteiger partial charge in [-0.25, -0.2) is 8.78 Å². The van der Waals surface area contributed by atoms with Gasteiger partial charge in [0.15, 0.2) is 0 Å². The summed E-state index contributed by atoms with van der Waals surface area (Å²) in [6.07, 6.45) is 8.20. The SMILES string of the molecule is CCC1(COC2CC3CCC(OCC(CC)(CO)COC4CC5CCC(OCC6(CC)COC6)C(F)(C5)C4)C(F)(C3)C2)COC1. The Labute approximate surface area is 269 Å². The molecule has 0 radical (unpaired) electrons. The third-order valence-electron chi connectivity index (χ3n) is 13.1. The van der Waals surface area contributed by atoms with E-state index in [1.54, 1.807) is 0 Å². The molecule has 0 aromatic rings. The molecule has 260 valence electrons. The van der Waals surface area contributed by atoms with Gasteiger partial charge in [-0.3, -0.25) is 0 Å². The lowest BCUT2D eigenvalue weighted by Crippen LogP contribution is -2.55. The third kappa shape index (κ3) is 7.30. The molecule has 0 aromatic carbocycles. The number of rotatable bonds is 16. The van der Waals surface area contributed by atoms with Crippen molar-refractivity contribution in [2.24, 2.45) is 28.1 Å². The minimum Gasteiger partial charge on any atom is -0.396 e. The molecule has 6 rings (SSSR count). The highest BCUT2D eigenvalue weighted by Crippen LogP contribution is 2.50. The number of aliphatic hydroxyl groups excluding tert-OH is 1. The van der Waals surface area contributed by atoms with Gasteiger partial charge >= 0.3 is 0 Å². The van der Waals surface area contributed by atoms with Crippen LogP contribution < -0.4 is 0 Å². The van der Waals surface area contributed by atoms with E-state index < -0.39 is 29.0 Å². The van der Waals surface area contributed by atoms with Crippen LogP contribution in [0.25, 0.3) is 0 Å². The summed E-state index contributed by atoms with van der Waals surface area (Å²) in [5.41, 5.74) is -3.35.